The molecule has 1 N–H and O–H groups in total. The summed E-state index contributed by atoms with van der Waals surface area (Å²) < 4.78 is 18.5. The van der Waals surface area contributed by atoms with Gasteiger partial charge in [-0.25, -0.2) is 0 Å². The maximum atomic E-state index is 12.1. The highest BCUT2D eigenvalue weighted by Gasteiger charge is 2.39. The van der Waals surface area contributed by atoms with E-state index in [4.69, 9.17) is 4.74 Å². The van der Waals surface area contributed by atoms with Gasteiger partial charge >= 0.3 is 0 Å². The molecule has 2 fully saturated rings. The van der Waals surface area contributed by atoms with E-state index in [-0.39, 0.29) is 18.1 Å². The molecule has 0 spiro atoms. The lowest BCUT2D eigenvalue weighted by molar-refractivity contribution is 0.116. The van der Waals surface area contributed by atoms with Crippen LogP contribution in [0.15, 0.2) is 57.9 Å². The quantitative estimate of drug-likeness (QED) is 0.681. The Kier molecular flexibility index (Phi) is 5.69. The van der Waals surface area contributed by atoms with Crippen molar-refractivity contribution in [2.45, 2.75) is 65.1 Å². The maximum Gasteiger partial charge on any atom is 0.116 e. The van der Waals surface area contributed by atoms with Gasteiger partial charge in [0, 0.05) is 17.4 Å². The lowest BCUT2D eigenvalue weighted by Crippen LogP contribution is -2.28. The molecule has 0 bridgehead atoms. The first-order chi connectivity index (χ1) is 13.7. The molecule has 4 heteroatoms. The van der Waals surface area contributed by atoms with E-state index < -0.39 is 9.52 Å². The highest BCUT2D eigenvalue weighted by Crippen LogP contribution is 2.47. The third-order valence-corrected chi connectivity index (χ3v) is 8.99. The van der Waals surface area contributed by atoms with Crippen LogP contribution >= 0.6 is 0 Å². The molecule has 3 nitrogen and oxygen atoms in total. The SMILES string of the molecule is C=S1(=O)CCC(OC2=CCC(C)=C(C3=C(C)C=CC4C(O)CCC34)C(C)=C2)CC1. The summed E-state index contributed by atoms with van der Waals surface area (Å²) in [5, 5.41) is 10.4. The van der Waals surface area contributed by atoms with Gasteiger partial charge in [-0.15, -0.1) is 0 Å². The minimum Gasteiger partial charge on any atom is -0.491 e. The topological polar surface area (TPSA) is 46.5 Å². The Bertz CT molecular complexity index is 929. The summed E-state index contributed by atoms with van der Waals surface area (Å²) in [6, 6.07) is 0. The van der Waals surface area contributed by atoms with Crippen molar-refractivity contribution in [3.63, 3.8) is 0 Å². The fourth-order valence-corrected chi connectivity index (χ4v) is 7.02. The number of rotatable bonds is 3. The van der Waals surface area contributed by atoms with E-state index in [2.05, 4.69) is 50.9 Å². The summed E-state index contributed by atoms with van der Waals surface area (Å²) >= 11 is 0. The number of aliphatic hydroxyl groups excluding tert-OH is 1. The second kappa shape index (κ2) is 7.96. The number of ether oxygens (including phenoxy) is 1. The molecule has 0 aromatic carbocycles. The van der Waals surface area contributed by atoms with Gasteiger partial charge < -0.3 is 9.84 Å². The van der Waals surface area contributed by atoms with Gasteiger partial charge in [-0.1, -0.05) is 17.7 Å². The van der Waals surface area contributed by atoms with Crippen molar-refractivity contribution in [2.75, 3.05) is 11.5 Å². The van der Waals surface area contributed by atoms with Gasteiger partial charge in [0.2, 0.25) is 0 Å². The van der Waals surface area contributed by atoms with Crippen LogP contribution in [0.4, 0.5) is 0 Å². The van der Waals surface area contributed by atoms with Crippen LogP contribution in [0.25, 0.3) is 0 Å². The zero-order valence-corrected chi connectivity index (χ0v) is 18.8. The van der Waals surface area contributed by atoms with Crippen molar-refractivity contribution in [3.8, 4) is 0 Å². The molecule has 0 radical (unpaired) electrons. The van der Waals surface area contributed by atoms with Gasteiger partial charge in [0.15, 0.2) is 0 Å². The molecule has 1 saturated heterocycles. The number of allylic oxidation sites excluding steroid dienone is 8. The fourth-order valence-electron chi connectivity index (χ4n) is 5.43. The molecule has 29 heavy (non-hydrogen) atoms. The average molecular weight is 415 g/mol. The smallest absolute Gasteiger partial charge is 0.116 e. The Hall–Kier alpha value is -1.52. The van der Waals surface area contributed by atoms with E-state index in [1.54, 1.807) is 0 Å². The summed E-state index contributed by atoms with van der Waals surface area (Å²) in [5.41, 5.74) is 6.71. The predicted octanol–water partition coefficient (Wildman–Crippen LogP) is 4.71. The second-order valence-electron chi connectivity index (χ2n) is 9.27. The van der Waals surface area contributed by atoms with E-state index in [1.807, 2.05) is 0 Å². The first-order valence-corrected chi connectivity index (χ1v) is 13.0. The van der Waals surface area contributed by atoms with Crippen molar-refractivity contribution in [1.82, 2.24) is 0 Å². The molecule has 0 aromatic heterocycles. The Morgan fingerprint density at radius 1 is 1.14 bits per heavy atom. The molecular formula is C25H34O3S. The number of hydrogen-bond acceptors (Lipinski definition) is 3. The van der Waals surface area contributed by atoms with E-state index in [9.17, 15) is 9.32 Å². The van der Waals surface area contributed by atoms with E-state index in [1.165, 1.54) is 27.9 Å². The third-order valence-electron chi connectivity index (χ3n) is 7.03. The van der Waals surface area contributed by atoms with Crippen molar-refractivity contribution in [3.05, 3.63) is 57.9 Å². The molecule has 0 amide bonds. The molecule has 4 rings (SSSR count). The summed E-state index contributed by atoms with van der Waals surface area (Å²) in [6.45, 7) is 6.61. The summed E-state index contributed by atoms with van der Waals surface area (Å²) in [7, 11) is -1.88. The normalized spacial score (nSPS) is 37.8. The highest BCUT2D eigenvalue weighted by molar-refractivity contribution is 8.00. The standard InChI is InChI=1S/C25H34O3S/c1-16-5-7-20(28-19-11-13-29(4,27)14-12-19)15-18(3)24(16)25-17(2)6-8-21-22(25)9-10-23(21)26/h6-8,15,19,21-23,26H,4-5,9-14H2,1-3H3. The Morgan fingerprint density at radius 2 is 1.86 bits per heavy atom. The van der Waals surface area contributed by atoms with Crippen molar-refractivity contribution in [2.24, 2.45) is 11.8 Å². The Morgan fingerprint density at radius 3 is 2.59 bits per heavy atom. The zero-order chi connectivity index (χ0) is 20.8. The van der Waals surface area contributed by atoms with Crippen LogP contribution in [0.1, 0.15) is 52.9 Å². The van der Waals surface area contributed by atoms with Crippen LogP contribution in [0.3, 0.4) is 0 Å². The summed E-state index contributed by atoms with van der Waals surface area (Å²) in [5.74, 6) is 6.78. The van der Waals surface area contributed by atoms with Gasteiger partial charge in [0.1, 0.15) is 11.9 Å². The molecule has 1 heterocycles. The van der Waals surface area contributed by atoms with Crippen LogP contribution in [0, 0.1) is 11.8 Å². The lowest BCUT2D eigenvalue weighted by Gasteiger charge is -2.30. The van der Waals surface area contributed by atoms with Crippen molar-refractivity contribution >= 4 is 15.4 Å². The molecular weight excluding hydrogens is 380 g/mol. The number of fused-ring (bicyclic) bond motifs is 1. The minimum absolute atomic E-state index is 0.136. The number of aliphatic hydroxyl groups is 1. The highest BCUT2D eigenvalue weighted by atomic mass is 32.2. The third kappa shape index (κ3) is 4.20. The predicted molar refractivity (Wildman–Crippen MR) is 122 cm³/mol. The van der Waals surface area contributed by atoms with Crippen molar-refractivity contribution < 1.29 is 14.1 Å². The summed E-state index contributed by atoms with van der Waals surface area (Å²) in [4.78, 5) is 0. The van der Waals surface area contributed by atoms with E-state index in [0.717, 1.165) is 37.9 Å². The van der Waals surface area contributed by atoms with Gasteiger partial charge in [-0.2, -0.15) is 0 Å². The first kappa shape index (κ1) is 20.7. The van der Waals surface area contributed by atoms with Gasteiger partial charge in [-0.3, -0.25) is 4.21 Å². The molecule has 3 aliphatic carbocycles. The lowest BCUT2D eigenvalue weighted by atomic mass is 9.75. The summed E-state index contributed by atoms with van der Waals surface area (Å²) in [6.07, 6.45) is 13.2. The van der Waals surface area contributed by atoms with Gasteiger partial charge in [0.05, 0.1) is 6.10 Å². The van der Waals surface area contributed by atoms with E-state index in [0.29, 0.717) is 17.4 Å². The van der Waals surface area contributed by atoms with Crippen LogP contribution in [-0.4, -0.2) is 38.9 Å². The first-order valence-electron chi connectivity index (χ1n) is 10.9. The fraction of sp³-hybridized carbons (Fsp3) is 0.560. The zero-order valence-electron chi connectivity index (χ0n) is 17.9. The Labute approximate surface area is 175 Å². The van der Waals surface area contributed by atoms with E-state index >= 15 is 0 Å². The minimum atomic E-state index is -1.88. The largest absolute Gasteiger partial charge is 0.491 e. The van der Waals surface area contributed by atoms with Crippen LogP contribution in [-0.2, 0) is 14.3 Å². The van der Waals surface area contributed by atoms with Gasteiger partial charge in [-0.05, 0) is 109 Å². The van der Waals surface area contributed by atoms with Crippen molar-refractivity contribution in [1.29, 1.82) is 0 Å². The van der Waals surface area contributed by atoms with Gasteiger partial charge in [0.25, 0.3) is 0 Å². The number of hydrogen-bond donors (Lipinski definition) is 1. The maximum absolute atomic E-state index is 12.1. The Balaban J connectivity index is 1.57. The molecule has 1 saturated carbocycles. The molecule has 0 aromatic rings. The van der Waals surface area contributed by atoms with Crippen LogP contribution in [0.5, 0.6) is 0 Å². The second-order valence-corrected chi connectivity index (χ2v) is 12.0. The molecule has 158 valence electrons. The molecule has 4 aliphatic rings. The molecule has 3 atom stereocenters. The molecule has 3 unspecified atom stereocenters. The monoisotopic (exact) mass is 414 g/mol. The average Bonchev–Trinajstić information content (AvgIpc) is 2.97. The van der Waals surface area contributed by atoms with Crippen LogP contribution < -0.4 is 0 Å². The van der Waals surface area contributed by atoms with Crippen LogP contribution in [0.2, 0.25) is 0 Å². The molecule has 1 aliphatic heterocycles.